The number of hydrazine groups is 1. The summed E-state index contributed by atoms with van der Waals surface area (Å²) >= 11 is 5.92. The topological polar surface area (TPSA) is 73.0 Å². The number of rotatable bonds is 9. The zero-order chi connectivity index (χ0) is 28.8. The largest absolute Gasteiger partial charge is 0.336 e. The fourth-order valence-corrected chi connectivity index (χ4v) is 4.89. The van der Waals surface area contributed by atoms with E-state index in [1.165, 1.54) is 6.07 Å². The summed E-state index contributed by atoms with van der Waals surface area (Å²) in [5.74, 6) is -0.777. The number of hydrogen-bond donors (Lipinski definition) is 1. The first-order valence-corrected chi connectivity index (χ1v) is 13.6. The van der Waals surface area contributed by atoms with E-state index >= 15 is 4.39 Å². The van der Waals surface area contributed by atoms with Gasteiger partial charge in [-0.05, 0) is 42.5 Å². The highest BCUT2D eigenvalue weighted by Gasteiger charge is 2.24. The van der Waals surface area contributed by atoms with E-state index in [9.17, 15) is 14.4 Å². The molecule has 0 aromatic heterocycles. The lowest BCUT2D eigenvalue weighted by Crippen LogP contribution is -2.48. The van der Waals surface area contributed by atoms with Crippen LogP contribution in [0.4, 0.5) is 15.8 Å². The van der Waals surface area contributed by atoms with E-state index in [0.29, 0.717) is 72.1 Å². The molecule has 1 aliphatic heterocycles. The van der Waals surface area contributed by atoms with Gasteiger partial charge >= 0.3 is 0 Å². The van der Waals surface area contributed by atoms with Gasteiger partial charge in [-0.25, -0.2) is 9.40 Å². The zero-order valence-corrected chi connectivity index (χ0v) is 22.9. The van der Waals surface area contributed by atoms with Crippen molar-refractivity contribution < 1.29 is 18.8 Å². The number of halogens is 2. The van der Waals surface area contributed by atoms with Crippen LogP contribution in [0, 0.1) is 5.82 Å². The minimum Gasteiger partial charge on any atom is -0.336 e. The number of carbonyl (C=O) groups is 3. The molecular formula is C32H28ClFN4O3. The molecule has 4 aromatic rings. The van der Waals surface area contributed by atoms with Gasteiger partial charge in [0.2, 0.25) is 6.41 Å². The second kappa shape index (κ2) is 12.8. The van der Waals surface area contributed by atoms with E-state index in [-0.39, 0.29) is 17.4 Å². The van der Waals surface area contributed by atoms with Crippen LogP contribution in [0.3, 0.4) is 0 Å². The van der Waals surface area contributed by atoms with Crippen molar-refractivity contribution in [3.8, 4) is 0 Å². The van der Waals surface area contributed by atoms with Gasteiger partial charge in [-0.3, -0.25) is 24.7 Å². The first kappa shape index (κ1) is 28.0. The lowest BCUT2D eigenvalue weighted by Gasteiger charge is -2.35. The van der Waals surface area contributed by atoms with Gasteiger partial charge in [0.1, 0.15) is 5.69 Å². The molecule has 0 saturated carbocycles. The molecule has 2 amide bonds. The quantitative estimate of drug-likeness (QED) is 0.160. The van der Waals surface area contributed by atoms with Crippen LogP contribution in [0.15, 0.2) is 97.1 Å². The van der Waals surface area contributed by atoms with Crippen LogP contribution >= 0.6 is 11.6 Å². The van der Waals surface area contributed by atoms with Crippen LogP contribution in [0.25, 0.3) is 0 Å². The smallest absolute Gasteiger partial charge is 0.253 e. The van der Waals surface area contributed by atoms with E-state index in [2.05, 4.69) is 10.3 Å². The highest BCUT2D eigenvalue weighted by molar-refractivity contribution is 6.30. The van der Waals surface area contributed by atoms with E-state index in [1.54, 1.807) is 89.8 Å². The summed E-state index contributed by atoms with van der Waals surface area (Å²) in [6.45, 7) is 2.37. The Morgan fingerprint density at radius 3 is 2.20 bits per heavy atom. The molecular weight excluding hydrogens is 543 g/mol. The molecule has 208 valence electrons. The highest BCUT2D eigenvalue weighted by atomic mass is 35.5. The number of anilines is 2. The Balaban J connectivity index is 1.21. The summed E-state index contributed by atoms with van der Waals surface area (Å²) in [4.78, 5) is 41.7. The monoisotopic (exact) mass is 570 g/mol. The Morgan fingerprint density at radius 2 is 1.49 bits per heavy atom. The average Bonchev–Trinajstić information content (AvgIpc) is 3.02. The molecule has 9 heteroatoms. The van der Waals surface area contributed by atoms with Crippen molar-refractivity contribution in [1.29, 1.82) is 0 Å². The fraction of sp³-hybridized carbons (Fsp3) is 0.156. The summed E-state index contributed by atoms with van der Waals surface area (Å²) in [7, 11) is 0. The van der Waals surface area contributed by atoms with Gasteiger partial charge in [-0.15, -0.1) is 0 Å². The molecule has 0 radical (unpaired) electrons. The number of piperazine rings is 1. The van der Waals surface area contributed by atoms with Gasteiger partial charge in [0.15, 0.2) is 11.6 Å². The molecule has 1 saturated heterocycles. The van der Waals surface area contributed by atoms with Crippen molar-refractivity contribution in [2.45, 2.75) is 6.54 Å². The second-order valence-electron chi connectivity index (χ2n) is 9.69. The normalized spacial score (nSPS) is 13.5. The summed E-state index contributed by atoms with van der Waals surface area (Å²) in [6.07, 6.45) is 0.517. The van der Waals surface area contributed by atoms with Gasteiger partial charge < -0.3 is 4.90 Å². The maximum atomic E-state index is 15.5. The summed E-state index contributed by atoms with van der Waals surface area (Å²) in [5.41, 5.74) is 5.51. The van der Waals surface area contributed by atoms with Crippen molar-refractivity contribution in [2.24, 2.45) is 0 Å². The molecule has 0 atom stereocenters. The van der Waals surface area contributed by atoms with Crippen molar-refractivity contribution in [2.75, 3.05) is 36.6 Å². The van der Waals surface area contributed by atoms with E-state index in [1.807, 2.05) is 6.07 Å². The number of ketones is 1. The maximum absolute atomic E-state index is 15.5. The predicted octanol–water partition coefficient (Wildman–Crippen LogP) is 5.66. The molecule has 7 nitrogen and oxygen atoms in total. The fourth-order valence-electron chi connectivity index (χ4n) is 4.76. The molecule has 0 spiro atoms. The van der Waals surface area contributed by atoms with E-state index in [4.69, 9.17) is 11.6 Å². The molecule has 1 N–H and O–H groups in total. The van der Waals surface area contributed by atoms with Crippen LogP contribution in [-0.2, 0) is 11.3 Å². The third kappa shape index (κ3) is 6.62. The molecule has 5 rings (SSSR count). The van der Waals surface area contributed by atoms with Crippen molar-refractivity contribution >= 4 is 41.1 Å². The van der Waals surface area contributed by atoms with Gasteiger partial charge in [-0.2, -0.15) is 0 Å². The van der Waals surface area contributed by atoms with Crippen LogP contribution < -0.4 is 10.4 Å². The SMILES string of the molecule is O=CN(Nc1ccc(Cl)cc1)c1cccc(CN2CCN(C(=O)c3cccc(C(=O)c4ccccc4)c3)CC2)c1F. The lowest BCUT2D eigenvalue weighted by atomic mass is 10.0. The van der Waals surface area contributed by atoms with Crippen LogP contribution in [0.2, 0.25) is 5.02 Å². The predicted molar refractivity (Wildman–Crippen MR) is 158 cm³/mol. The van der Waals surface area contributed by atoms with Crippen molar-refractivity contribution in [3.05, 3.63) is 130 Å². The Hall–Kier alpha value is -4.53. The van der Waals surface area contributed by atoms with Crippen LogP contribution in [0.5, 0.6) is 0 Å². The Kier molecular flexibility index (Phi) is 8.72. The highest BCUT2D eigenvalue weighted by Crippen LogP contribution is 2.25. The number of nitrogens with zero attached hydrogens (tertiary/aromatic N) is 3. The first-order valence-electron chi connectivity index (χ1n) is 13.2. The summed E-state index contributed by atoms with van der Waals surface area (Å²) in [5, 5.41) is 1.64. The standard InChI is InChI=1S/C32H28ClFN4O3/c33-27-12-14-28(15-13-27)35-38(22-39)29-11-5-10-26(30(29)34)21-36-16-18-37(19-17-36)32(41)25-9-4-8-24(20-25)31(40)23-6-2-1-3-7-23/h1-15,20,22,35H,16-19,21H2. The molecule has 4 aromatic carbocycles. The summed E-state index contributed by atoms with van der Waals surface area (Å²) < 4.78 is 15.5. The van der Waals surface area contributed by atoms with Gasteiger partial charge in [0.25, 0.3) is 5.91 Å². The maximum Gasteiger partial charge on any atom is 0.253 e. The molecule has 1 heterocycles. The van der Waals surface area contributed by atoms with Gasteiger partial charge in [0, 0.05) is 60.0 Å². The third-order valence-electron chi connectivity index (χ3n) is 6.98. The van der Waals surface area contributed by atoms with Gasteiger partial charge in [0.05, 0.1) is 5.69 Å². The molecule has 0 aliphatic carbocycles. The molecule has 1 aliphatic rings. The number of benzene rings is 4. The van der Waals surface area contributed by atoms with E-state index < -0.39 is 5.82 Å². The number of hydrogen-bond acceptors (Lipinski definition) is 5. The molecule has 1 fully saturated rings. The van der Waals surface area contributed by atoms with E-state index in [0.717, 1.165) is 5.01 Å². The van der Waals surface area contributed by atoms with Crippen molar-refractivity contribution in [1.82, 2.24) is 9.80 Å². The van der Waals surface area contributed by atoms with Crippen LogP contribution in [-0.4, -0.2) is 54.1 Å². The third-order valence-corrected chi connectivity index (χ3v) is 7.23. The average molecular weight is 571 g/mol. The Labute approximate surface area is 242 Å². The molecule has 41 heavy (non-hydrogen) atoms. The minimum absolute atomic E-state index is 0.103. The Bertz CT molecular complexity index is 1540. The first-order chi connectivity index (χ1) is 19.9. The second-order valence-corrected chi connectivity index (χ2v) is 10.1. The van der Waals surface area contributed by atoms with Crippen molar-refractivity contribution in [3.63, 3.8) is 0 Å². The number of amides is 2. The summed E-state index contributed by atoms with van der Waals surface area (Å²) in [6, 6.07) is 27.4. The van der Waals surface area contributed by atoms with Gasteiger partial charge in [-0.1, -0.05) is 66.2 Å². The number of nitrogens with one attached hydrogen (secondary N) is 1. The molecule has 0 bridgehead atoms. The molecule has 0 unspecified atom stereocenters. The number of carbonyl (C=O) groups excluding carboxylic acids is 3. The van der Waals surface area contributed by atoms with Crippen LogP contribution in [0.1, 0.15) is 31.8 Å². The Morgan fingerprint density at radius 1 is 0.829 bits per heavy atom. The zero-order valence-electron chi connectivity index (χ0n) is 22.2. The minimum atomic E-state index is -0.500. The lowest BCUT2D eigenvalue weighted by molar-refractivity contribution is -0.107.